The zero-order chi connectivity index (χ0) is 25.8. The molecule has 2 heterocycles. The summed E-state index contributed by atoms with van der Waals surface area (Å²) in [4.78, 5) is 33.1. The summed E-state index contributed by atoms with van der Waals surface area (Å²) in [6.45, 7) is 13.0. The molecule has 2 saturated heterocycles. The van der Waals surface area contributed by atoms with Crippen LogP contribution < -0.4 is 5.32 Å². The number of carbonyl (C=O) groups excluding carboxylic acids is 2. The van der Waals surface area contributed by atoms with Crippen LogP contribution in [-0.2, 0) is 9.59 Å². The smallest absolute Gasteiger partial charge is 0.227 e. The van der Waals surface area contributed by atoms with E-state index in [9.17, 15) is 9.59 Å². The van der Waals surface area contributed by atoms with Gasteiger partial charge in [-0.1, -0.05) is 58.0 Å². The molecule has 1 N–H and O–H groups in total. The third kappa shape index (κ3) is 6.85. The van der Waals surface area contributed by atoms with Gasteiger partial charge in [0.15, 0.2) is 0 Å². The van der Waals surface area contributed by atoms with Crippen molar-refractivity contribution < 1.29 is 9.59 Å². The molecule has 0 aromatic heterocycles. The van der Waals surface area contributed by atoms with Crippen LogP contribution in [0.25, 0.3) is 0 Å². The SMILES string of the molecule is CNC1CCN(C(=O)C(C)CC2CC(N(C)C(=O)C(C)(C)C)CCN2C(C)c2ccccc2)CC1. The molecule has 196 valence electrons. The number of nitrogens with zero attached hydrogens (tertiary/aromatic N) is 3. The highest BCUT2D eigenvalue weighted by atomic mass is 16.2. The Bertz CT molecular complexity index is 829. The second kappa shape index (κ2) is 11.9. The Morgan fingerprint density at radius 1 is 1.06 bits per heavy atom. The minimum atomic E-state index is -0.387. The Morgan fingerprint density at radius 2 is 1.69 bits per heavy atom. The third-order valence-electron chi connectivity index (χ3n) is 8.28. The first-order valence-electron chi connectivity index (χ1n) is 13.6. The Balaban J connectivity index is 1.74. The third-order valence-corrected chi connectivity index (χ3v) is 8.28. The monoisotopic (exact) mass is 484 g/mol. The van der Waals surface area contributed by atoms with Gasteiger partial charge < -0.3 is 15.1 Å². The number of rotatable bonds is 7. The largest absolute Gasteiger partial charge is 0.342 e. The van der Waals surface area contributed by atoms with Gasteiger partial charge in [0.2, 0.25) is 11.8 Å². The summed E-state index contributed by atoms with van der Waals surface area (Å²) in [5, 5.41) is 3.35. The minimum Gasteiger partial charge on any atom is -0.342 e. The van der Waals surface area contributed by atoms with Crippen molar-refractivity contribution in [3.63, 3.8) is 0 Å². The molecule has 2 amide bonds. The van der Waals surface area contributed by atoms with Crippen LogP contribution in [0.5, 0.6) is 0 Å². The fourth-order valence-electron chi connectivity index (χ4n) is 5.97. The van der Waals surface area contributed by atoms with Gasteiger partial charge in [-0.25, -0.2) is 0 Å². The molecule has 4 atom stereocenters. The first kappa shape index (κ1) is 27.7. The summed E-state index contributed by atoms with van der Waals surface area (Å²) in [7, 11) is 3.97. The zero-order valence-corrected chi connectivity index (χ0v) is 23.1. The standard InChI is InChI=1S/C29H48N4O2/c1-21(27(34)32-16-13-24(30-6)14-17-32)19-26-20-25(31(7)28(35)29(3,4)5)15-18-33(26)22(2)23-11-9-8-10-12-23/h8-12,21-22,24-26,30H,13-20H2,1-7H3. The lowest BCUT2D eigenvalue weighted by atomic mass is 9.85. The van der Waals surface area contributed by atoms with Crippen LogP contribution in [0.4, 0.5) is 0 Å². The molecular formula is C29H48N4O2. The molecule has 0 spiro atoms. The second-order valence-corrected chi connectivity index (χ2v) is 11.8. The average Bonchev–Trinajstić information content (AvgIpc) is 2.86. The van der Waals surface area contributed by atoms with Crippen molar-refractivity contribution in [2.75, 3.05) is 33.7 Å². The van der Waals surface area contributed by atoms with E-state index in [-0.39, 0.29) is 41.3 Å². The lowest BCUT2D eigenvalue weighted by Gasteiger charge is -2.47. The summed E-state index contributed by atoms with van der Waals surface area (Å²) in [5.41, 5.74) is 0.921. The Kier molecular flexibility index (Phi) is 9.39. The van der Waals surface area contributed by atoms with Crippen molar-refractivity contribution in [3.8, 4) is 0 Å². The summed E-state index contributed by atoms with van der Waals surface area (Å²) in [6.07, 6.45) is 4.76. The van der Waals surface area contributed by atoms with Crippen LogP contribution in [0.3, 0.4) is 0 Å². The lowest BCUT2D eigenvalue weighted by Crippen LogP contribution is -2.53. The molecule has 2 aliphatic rings. The Labute approximate surface area is 213 Å². The highest BCUT2D eigenvalue weighted by Crippen LogP contribution is 2.34. The van der Waals surface area contributed by atoms with Gasteiger partial charge in [-0.05, 0) is 51.6 Å². The number of carbonyl (C=O) groups is 2. The summed E-state index contributed by atoms with van der Waals surface area (Å²) in [5.74, 6) is 0.453. The predicted octanol–water partition coefficient (Wildman–Crippen LogP) is 4.32. The van der Waals surface area contributed by atoms with Crippen molar-refractivity contribution in [1.29, 1.82) is 0 Å². The first-order valence-corrected chi connectivity index (χ1v) is 13.6. The maximum atomic E-state index is 13.4. The van der Waals surface area contributed by atoms with Crippen molar-refractivity contribution in [2.45, 2.75) is 90.9 Å². The Hall–Kier alpha value is -1.92. The van der Waals surface area contributed by atoms with Crippen molar-refractivity contribution >= 4 is 11.8 Å². The van der Waals surface area contributed by atoms with Crippen molar-refractivity contribution in [1.82, 2.24) is 20.0 Å². The van der Waals surface area contributed by atoms with E-state index in [1.54, 1.807) is 0 Å². The molecule has 0 aliphatic carbocycles. The van der Waals surface area contributed by atoms with E-state index < -0.39 is 0 Å². The molecular weight excluding hydrogens is 436 g/mol. The molecule has 4 unspecified atom stereocenters. The van der Waals surface area contributed by atoms with Gasteiger partial charge in [-0.3, -0.25) is 14.5 Å². The quantitative estimate of drug-likeness (QED) is 0.626. The molecule has 2 fully saturated rings. The molecule has 6 nitrogen and oxygen atoms in total. The van der Waals surface area contributed by atoms with Crippen molar-refractivity contribution in [2.24, 2.45) is 11.3 Å². The van der Waals surface area contributed by atoms with Gasteiger partial charge in [0.05, 0.1) is 0 Å². The van der Waals surface area contributed by atoms with Gasteiger partial charge >= 0.3 is 0 Å². The highest BCUT2D eigenvalue weighted by Gasteiger charge is 2.38. The van der Waals surface area contributed by atoms with Gasteiger partial charge in [0.25, 0.3) is 0 Å². The number of likely N-dealkylation sites (tertiary alicyclic amines) is 2. The number of piperidine rings is 2. The first-order chi connectivity index (χ1) is 16.5. The fourth-order valence-corrected chi connectivity index (χ4v) is 5.97. The molecule has 0 radical (unpaired) electrons. The topological polar surface area (TPSA) is 55.9 Å². The minimum absolute atomic E-state index is 0.0287. The molecule has 1 aromatic carbocycles. The number of nitrogens with one attached hydrogen (secondary N) is 1. The van der Waals surface area contributed by atoms with E-state index in [4.69, 9.17) is 0 Å². The summed E-state index contributed by atoms with van der Waals surface area (Å²) >= 11 is 0. The zero-order valence-electron chi connectivity index (χ0n) is 23.1. The van der Waals surface area contributed by atoms with Crippen LogP contribution >= 0.6 is 0 Å². The van der Waals surface area contributed by atoms with E-state index in [0.29, 0.717) is 6.04 Å². The molecule has 0 bridgehead atoms. The van der Waals surface area contributed by atoms with E-state index in [1.807, 2.05) is 39.8 Å². The number of hydrogen-bond acceptors (Lipinski definition) is 4. The lowest BCUT2D eigenvalue weighted by molar-refractivity contribution is -0.142. The predicted molar refractivity (Wildman–Crippen MR) is 143 cm³/mol. The van der Waals surface area contributed by atoms with E-state index in [2.05, 4.69) is 59.3 Å². The maximum absolute atomic E-state index is 13.4. The van der Waals surface area contributed by atoms with E-state index in [1.165, 1.54) is 5.56 Å². The van der Waals surface area contributed by atoms with Crippen LogP contribution in [-0.4, -0.2) is 78.4 Å². The molecule has 35 heavy (non-hydrogen) atoms. The molecule has 6 heteroatoms. The van der Waals surface area contributed by atoms with E-state index in [0.717, 1.165) is 51.7 Å². The number of benzene rings is 1. The summed E-state index contributed by atoms with van der Waals surface area (Å²) in [6, 6.07) is 11.9. The second-order valence-electron chi connectivity index (χ2n) is 11.8. The highest BCUT2D eigenvalue weighted by molar-refractivity contribution is 5.81. The number of amides is 2. The Morgan fingerprint density at radius 3 is 2.26 bits per heavy atom. The number of hydrogen-bond donors (Lipinski definition) is 1. The van der Waals surface area contributed by atoms with Crippen LogP contribution in [0.1, 0.15) is 78.3 Å². The molecule has 0 saturated carbocycles. The van der Waals surface area contributed by atoms with Crippen LogP contribution in [0, 0.1) is 11.3 Å². The maximum Gasteiger partial charge on any atom is 0.227 e. The van der Waals surface area contributed by atoms with Crippen molar-refractivity contribution in [3.05, 3.63) is 35.9 Å². The average molecular weight is 485 g/mol. The van der Waals surface area contributed by atoms with E-state index >= 15 is 0 Å². The molecule has 2 aliphatic heterocycles. The normalized spacial score (nSPS) is 24.1. The van der Waals surface area contributed by atoms with Gasteiger partial charge in [-0.2, -0.15) is 0 Å². The fraction of sp³-hybridized carbons (Fsp3) is 0.724. The van der Waals surface area contributed by atoms with Gasteiger partial charge in [0, 0.05) is 62.2 Å². The van der Waals surface area contributed by atoms with Crippen LogP contribution in [0.2, 0.25) is 0 Å². The molecule has 1 aromatic rings. The summed E-state index contributed by atoms with van der Waals surface area (Å²) < 4.78 is 0. The van der Waals surface area contributed by atoms with Crippen LogP contribution in [0.15, 0.2) is 30.3 Å². The van der Waals surface area contributed by atoms with Gasteiger partial charge in [0.1, 0.15) is 0 Å². The van der Waals surface area contributed by atoms with Gasteiger partial charge in [-0.15, -0.1) is 0 Å². The molecule has 3 rings (SSSR count).